The number of carbonyl (C=O) groups excluding carboxylic acids is 1. The lowest BCUT2D eigenvalue weighted by Crippen LogP contribution is -2.09. The standard InChI is InChI=1S/C19H22O4/c20-16(9-4-14-5-10-17(21)11-6-14)2-1-3-19(23)15-7-12-18(22)13-8-15/h5-8,10-13,16,20-22H,1-4,9H2. The van der Waals surface area contributed by atoms with Crippen molar-refractivity contribution < 1.29 is 20.1 Å². The minimum atomic E-state index is -0.434. The number of phenols is 2. The molecular weight excluding hydrogens is 292 g/mol. The molecule has 2 aromatic carbocycles. The zero-order chi connectivity index (χ0) is 16.7. The Bertz CT molecular complexity index is 617. The van der Waals surface area contributed by atoms with Crippen molar-refractivity contribution in [1.82, 2.24) is 0 Å². The predicted octanol–water partition coefficient (Wildman–Crippen LogP) is 3.44. The number of ketones is 1. The number of benzene rings is 2. The lowest BCUT2D eigenvalue weighted by atomic mass is 10.0. The molecule has 0 fully saturated rings. The van der Waals surface area contributed by atoms with E-state index in [-0.39, 0.29) is 17.3 Å². The fourth-order valence-electron chi connectivity index (χ4n) is 2.43. The largest absolute Gasteiger partial charge is 0.508 e. The van der Waals surface area contributed by atoms with Crippen LogP contribution in [0.3, 0.4) is 0 Å². The van der Waals surface area contributed by atoms with E-state index >= 15 is 0 Å². The molecule has 1 atom stereocenters. The number of aromatic hydroxyl groups is 2. The van der Waals surface area contributed by atoms with Crippen molar-refractivity contribution in [2.24, 2.45) is 0 Å². The molecule has 4 nitrogen and oxygen atoms in total. The maximum atomic E-state index is 12.0. The molecule has 0 saturated heterocycles. The van der Waals surface area contributed by atoms with Gasteiger partial charge in [0.2, 0.25) is 0 Å². The van der Waals surface area contributed by atoms with E-state index in [2.05, 4.69) is 0 Å². The summed E-state index contributed by atoms with van der Waals surface area (Å²) in [5.74, 6) is 0.406. The molecule has 0 spiro atoms. The average Bonchev–Trinajstić information content (AvgIpc) is 2.55. The number of rotatable bonds is 8. The first-order chi connectivity index (χ1) is 11.0. The Morgan fingerprint density at radius 3 is 2.04 bits per heavy atom. The molecule has 0 amide bonds. The molecular formula is C19H22O4. The van der Waals surface area contributed by atoms with Crippen LogP contribution < -0.4 is 0 Å². The molecule has 3 N–H and O–H groups in total. The highest BCUT2D eigenvalue weighted by Crippen LogP contribution is 2.16. The van der Waals surface area contributed by atoms with Crippen LogP contribution in [-0.2, 0) is 6.42 Å². The number of hydrogen-bond donors (Lipinski definition) is 3. The first kappa shape index (κ1) is 17.0. The van der Waals surface area contributed by atoms with Crippen LogP contribution in [0.25, 0.3) is 0 Å². The highest BCUT2D eigenvalue weighted by Gasteiger charge is 2.09. The van der Waals surface area contributed by atoms with Crippen LogP contribution in [0, 0.1) is 0 Å². The monoisotopic (exact) mass is 314 g/mol. The van der Waals surface area contributed by atoms with Gasteiger partial charge in [0.05, 0.1) is 6.10 Å². The van der Waals surface area contributed by atoms with Crippen LogP contribution in [0.4, 0.5) is 0 Å². The van der Waals surface area contributed by atoms with Crippen LogP contribution >= 0.6 is 0 Å². The van der Waals surface area contributed by atoms with Crippen molar-refractivity contribution in [2.45, 2.75) is 38.2 Å². The van der Waals surface area contributed by atoms with Crippen molar-refractivity contribution >= 4 is 5.78 Å². The number of hydrogen-bond acceptors (Lipinski definition) is 4. The van der Waals surface area contributed by atoms with Crippen LogP contribution in [0.5, 0.6) is 11.5 Å². The quantitative estimate of drug-likeness (QED) is 0.652. The van der Waals surface area contributed by atoms with Gasteiger partial charge in [-0.2, -0.15) is 0 Å². The number of aryl methyl sites for hydroxylation is 1. The van der Waals surface area contributed by atoms with E-state index in [4.69, 9.17) is 0 Å². The Balaban J connectivity index is 1.68. The highest BCUT2D eigenvalue weighted by atomic mass is 16.3. The second-order valence-electron chi connectivity index (χ2n) is 5.72. The van der Waals surface area contributed by atoms with Gasteiger partial charge < -0.3 is 15.3 Å². The Hall–Kier alpha value is -2.33. The van der Waals surface area contributed by atoms with Crippen molar-refractivity contribution in [3.05, 3.63) is 59.7 Å². The number of carbonyl (C=O) groups is 1. The zero-order valence-corrected chi connectivity index (χ0v) is 13.0. The highest BCUT2D eigenvalue weighted by molar-refractivity contribution is 5.96. The first-order valence-electron chi connectivity index (χ1n) is 7.83. The molecule has 2 aromatic rings. The predicted molar refractivity (Wildman–Crippen MR) is 88.7 cm³/mol. The fourth-order valence-corrected chi connectivity index (χ4v) is 2.43. The minimum absolute atomic E-state index is 0.0238. The molecule has 1 unspecified atom stereocenters. The number of aliphatic hydroxyl groups excluding tert-OH is 1. The second kappa shape index (κ2) is 8.34. The van der Waals surface area contributed by atoms with Crippen LogP contribution in [0.1, 0.15) is 41.6 Å². The van der Waals surface area contributed by atoms with E-state index in [1.807, 2.05) is 12.1 Å². The van der Waals surface area contributed by atoms with Gasteiger partial charge in [0.15, 0.2) is 5.78 Å². The van der Waals surface area contributed by atoms with Crippen LogP contribution in [0.15, 0.2) is 48.5 Å². The SMILES string of the molecule is O=C(CCCC(O)CCc1ccc(O)cc1)c1ccc(O)cc1. The third kappa shape index (κ3) is 5.75. The number of phenolic OH excluding ortho intramolecular Hbond substituents is 2. The Labute approximate surface area is 136 Å². The van der Waals surface area contributed by atoms with Crippen LogP contribution in [0.2, 0.25) is 0 Å². The summed E-state index contributed by atoms with van der Waals surface area (Å²) in [6, 6.07) is 13.2. The molecule has 0 aliphatic rings. The molecule has 0 aromatic heterocycles. The van der Waals surface area contributed by atoms with Gasteiger partial charge in [0, 0.05) is 12.0 Å². The fraction of sp³-hybridized carbons (Fsp3) is 0.316. The molecule has 2 rings (SSSR count). The van der Waals surface area contributed by atoms with Gasteiger partial charge in [-0.05, 0) is 67.6 Å². The van der Waals surface area contributed by atoms with Gasteiger partial charge in [-0.3, -0.25) is 4.79 Å². The van der Waals surface area contributed by atoms with Gasteiger partial charge in [-0.25, -0.2) is 0 Å². The van der Waals surface area contributed by atoms with Crippen molar-refractivity contribution in [3.63, 3.8) is 0 Å². The van der Waals surface area contributed by atoms with Gasteiger partial charge in [-0.1, -0.05) is 12.1 Å². The lowest BCUT2D eigenvalue weighted by molar-refractivity contribution is 0.0967. The smallest absolute Gasteiger partial charge is 0.162 e. The van der Waals surface area contributed by atoms with Gasteiger partial charge in [0.25, 0.3) is 0 Å². The molecule has 0 heterocycles. The Morgan fingerprint density at radius 2 is 1.43 bits per heavy atom. The van der Waals surface area contributed by atoms with Crippen LogP contribution in [-0.4, -0.2) is 27.2 Å². The minimum Gasteiger partial charge on any atom is -0.508 e. The molecule has 0 saturated carbocycles. The summed E-state index contributed by atoms with van der Waals surface area (Å²) in [4.78, 5) is 12.0. The summed E-state index contributed by atoms with van der Waals surface area (Å²) in [5.41, 5.74) is 1.66. The number of aliphatic hydroxyl groups is 1. The Morgan fingerprint density at radius 1 is 0.870 bits per heavy atom. The zero-order valence-electron chi connectivity index (χ0n) is 13.0. The van der Waals surface area contributed by atoms with E-state index < -0.39 is 6.10 Å². The van der Waals surface area contributed by atoms with Crippen molar-refractivity contribution in [2.75, 3.05) is 0 Å². The molecule has 0 radical (unpaired) electrons. The first-order valence-corrected chi connectivity index (χ1v) is 7.83. The summed E-state index contributed by atoms with van der Waals surface area (Å²) in [6.45, 7) is 0. The summed E-state index contributed by atoms with van der Waals surface area (Å²) >= 11 is 0. The van der Waals surface area contributed by atoms with Crippen molar-refractivity contribution in [3.8, 4) is 11.5 Å². The van der Waals surface area contributed by atoms with E-state index in [9.17, 15) is 20.1 Å². The van der Waals surface area contributed by atoms with E-state index in [1.165, 1.54) is 12.1 Å². The molecule has 0 aliphatic heterocycles. The normalized spacial score (nSPS) is 12.0. The van der Waals surface area contributed by atoms with E-state index in [0.29, 0.717) is 31.2 Å². The Kier molecular flexibility index (Phi) is 6.18. The lowest BCUT2D eigenvalue weighted by Gasteiger charge is -2.10. The maximum absolute atomic E-state index is 12.0. The summed E-state index contributed by atoms with van der Waals surface area (Å²) in [5, 5.41) is 28.4. The summed E-state index contributed by atoms with van der Waals surface area (Å²) in [7, 11) is 0. The van der Waals surface area contributed by atoms with E-state index in [1.54, 1.807) is 24.3 Å². The maximum Gasteiger partial charge on any atom is 0.162 e. The van der Waals surface area contributed by atoms with Crippen molar-refractivity contribution in [1.29, 1.82) is 0 Å². The third-order valence-corrected chi connectivity index (χ3v) is 3.83. The third-order valence-electron chi connectivity index (χ3n) is 3.83. The molecule has 4 heteroatoms. The molecule has 0 bridgehead atoms. The van der Waals surface area contributed by atoms with Gasteiger partial charge in [0.1, 0.15) is 11.5 Å². The average molecular weight is 314 g/mol. The van der Waals surface area contributed by atoms with E-state index in [0.717, 1.165) is 12.0 Å². The molecule has 122 valence electrons. The second-order valence-corrected chi connectivity index (χ2v) is 5.72. The molecule has 23 heavy (non-hydrogen) atoms. The summed E-state index contributed by atoms with van der Waals surface area (Å²) in [6.07, 6.45) is 2.56. The number of Topliss-reactive ketones (excluding diaryl/α,β-unsaturated/α-hetero) is 1. The molecule has 0 aliphatic carbocycles. The van der Waals surface area contributed by atoms with Gasteiger partial charge in [-0.15, -0.1) is 0 Å². The van der Waals surface area contributed by atoms with Gasteiger partial charge >= 0.3 is 0 Å². The topological polar surface area (TPSA) is 77.8 Å². The summed E-state index contributed by atoms with van der Waals surface area (Å²) < 4.78 is 0.